The van der Waals surface area contributed by atoms with Gasteiger partial charge in [0.15, 0.2) is 0 Å². The SMILES string of the molecule is Cc1cc(NC(=O)NCc2ccccc2Cl)ccc1C(N)=O. The Balaban J connectivity index is 1.96. The molecule has 0 spiro atoms. The first-order valence-corrected chi connectivity index (χ1v) is 7.04. The van der Waals surface area contributed by atoms with E-state index in [2.05, 4.69) is 10.6 Å². The summed E-state index contributed by atoms with van der Waals surface area (Å²) in [5, 5.41) is 6.01. The van der Waals surface area contributed by atoms with E-state index >= 15 is 0 Å². The topological polar surface area (TPSA) is 84.2 Å². The van der Waals surface area contributed by atoms with Crippen molar-refractivity contribution in [1.29, 1.82) is 0 Å². The van der Waals surface area contributed by atoms with Gasteiger partial charge in [0, 0.05) is 22.8 Å². The number of carbonyl (C=O) groups is 2. The third-order valence-corrected chi connectivity index (χ3v) is 3.52. The van der Waals surface area contributed by atoms with Gasteiger partial charge in [-0.1, -0.05) is 29.8 Å². The van der Waals surface area contributed by atoms with Crippen LogP contribution in [0.1, 0.15) is 21.5 Å². The molecule has 0 unspecified atom stereocenters. The van der Waals surface area contributed by atoms with Gasteiger partial charge in [-0.15, -0.1) is 0 Å². The molecule has 0 saturated heterocycles. The van der Waals surface area contributed by atoms with Crippen LogP contribution in [0.5, 0.6) is 0 Å². The number of urea groups is 1. The summed E-state index contributed by atoms with van der Waals surface area (Å²) in [6, 6.07) is 11.8. The fourth-order valence-corrected chi connectivity index (χ4v) is 2.21. The average Bonchev–Trinajstić information content (AvgIpc) is 2.46. The van der Waals surface area contributed by atoms with Crippen LogP contribution in [0.2, 0.25) is 5.02 Å². The maximum atomic E-state index is 11.9. The zero-order valence-corrected chi connectivity index (χ0v) is 12.8. The van der Waals surface area contributed by atoms with Crippen LogP contribution in [0.4, 0.5) is 10.5 Å². The summed E-state index contributed by atoms with van der Waals surface area (Å²) in [7, 11) is 0. The number of benzene rings is 2. The smallest absolute Gasteiger partial charge is 0.319 e. The standard InChI is InChI=1S/C16H16ClN3O2/c1-10-8-12(6-7-13(10)15(18)21)20-16(22)19-9-11-4-2-3-5-14(11)17/h2-8H,9H2,1H3,(H2,18,21)(H2,19,20,22). The average molecular weight is 318 g/mol. The summed E-state index contributed by atoms with van der Waals surface area (Å²) in [6.45, 7) is 2.08. The molecule has 6 heteroatoms. The van der Waals surface area contributed by atoms with E-state index in [-0.39, 0.29) is 6.03 Å². The Morgan fingerprint density at radius 2 is 1.91 bits per heavy atom. The Labute approximate surface area is 133 Å². The molecule has 2 aromatic carbocycles. The molecule has 0 aliphatic heterocycles. The lowest BCUT2D eigenvalue weighted by Crippen LogP contribution is -2.28. The highest BCUT2D eigenvalue weighted by molar-refractivity contribution is 6.31. The zero-order chi connectivity index (χ0) is 16.1. The van der Waals surface area contributed by atoms with E-state index in [0.717, 1.165) is 5.56 Å². The minimum atomic E-state index is -0.493. The maximum Gasteiger partial charge on any atom is 0.319 e. The van der Waals surface area contributed by atoms with Crippen LogP contribution in [0.15, 0.2) is 42.5 Å². The number of primary amides is 1. The van der Waals surface area contributed by atoms with E-state index in [9.17, 15) is 9.59 Å². The lowest BCUT2D eigenvalue weighted by Gasteiger charge is -2.10. The van der Waals surface area contributed by atoms with Gasteiger partial charge in [0.25, 0.3) is 0 Å². The van der Waals surface area contributed by atoms with Gasteiger partial charge in [-0.2, -0.15) is 0 Å². The summed E-state index contributed by atoms with van der Waals surface area (Å²) >= 11 is 6.02. The molecule has 22 heavy (non-hydrogen) atoms. The third kappa shape index (κ3) is 3.99. The van der Waals surface area contributed by atoms with Gasteiger partial charge in [0.1, 0.15) is 0 Å². The predicted octanol–water partition coefficient (Wildman–Crippen LogP) is 3.07. The molecule has 0 radical (unpaired) electrons. The Bertz CT molecular complexity index is 716. The number of hydrogen-bond acceptors (Lipinski definition) is 2. The van der Waals surface area contributed by atoms with Crippen molar-refractivity contribution in [3.63, 3.8) is 0 Å². The molecule has 0 atom stereocenters. The highest BCUT2D eigenvalue weighted by Gasteiger charge is 2.08. The van der Waals surface area contributed by atoms with Gasteiger partial charge in [-0.3, -0.25) is 4.79 Å². The van der Waals surface area contributed by atoms with E-state index in [1.807, 2.05) is 18.2 Å². The molecule has 5 nitrogen and oxygen atoms in total. The van der Waals surface area contributed by atoms with Crippen LogP contribution in [0, 0.1) is 6.92 Å². The number of nitrogens with two attached hydrogens (primary N) is 1. The second-order valence-corrected chi connectivity index (χ2v) is 5.20. The van der Waals surface area contributed by atoms with Crippen LogP contribution in [-0.2, 0) is 6.54 Å². The van der Waals surface area contributed by atoms with Crippen LogP contribution >= 0.6 is 11.6 Å². The second-order valence-electron chi connectivity index (χ2n) is 4.79. The van der Waals surface area contributed by atoms with E-state index in [1.54, 1.807) is 31.2 Å². The van der Waals surface area contributed by atoms with Gasteiger partial charge in [0.2, 0.25) is 5.91 Å². The number of hydrogen-bond donors (Lipinski definition) is 3. The van der Waals surface area contributed by atoms with Crippen molar-refractivity contribution in [3.05, 3.63) is 64.2 Å². The number of rotatable bonds is 4. The Morgan fingerprint density at radius 1 is 1.18 bits per heavy atom. The predicted molar refractivity (Wildman–Crippen MR) is 87.0 cm³/mol. The van der Waals surface area contributed by atoms with Crippen molar-refractivity contribution in [2.75, 3.05) is 5.32 Å². The molecule has 2 rings (SSSR count). The van der Waals surface area contributed by atoms with E-state index in [4.69, 9.17) is 17.3 Å². The largest absolute Gasteiger partial charge is 0.366 e. The second kappa shape index (κ2) is 6.95. The zero-order valence-electron chi connectivity index (χ0n) is 12.0. The Kier molecular flexibility index (Phi) is 5.01. The minimum absolute atomic E-state index is 0.323. The van der Waals surface area contributed by atoms with Crippen LogP contribution in [0.25, 0.3) is 0 Å². The quantitative estimate of drug-likeness (QED) is 0.809. The summed E-state index contributed by atoms with van der Waals surface area (Å²) in [6.07, 6.45) is 0. The van der Waals surface area contributed by atoms with Crippen molar-refractivity contribution in [3.8, 4) is 0 Å². The van der Waals surface area contributed by atoms with Crippen molar-refractivity contribution in [1.82, 2.24) is 5.32 Å². The van der Waals surface area contributed by atoms with Gasteiger partial charge < -0.3 is 16.4 Å². The Hall–Kier alpha value is -2.53. The number of amides is 3. The van der Waals surface area contributed by atoms with Crippen LogP contribution in [-0.4, -0.2) is 11.9 Å². The first-order chi connectivity index (χ1) is 10.5. The lowest BCUT2D eigenvalue weighted by atomic mass is 10.1. The van der Waals surface area contributed by atoms with Crippen LogP contribution < -0.4 is 16.4 Å². The van der Waals surface area contributed by atoms with Crippen molar-refractivity contribution < 1.29 is 9.59 Å². The van der Waals surface area contributed by atoms with Gasteiger partial charge in [-0.05, 0) is 42.3 Å². The third-order valence-electron chi connectivity index (χ3n) is 3.15. The van der Waals surface area contributed by atoms with Gasteiger partial charge in [0.05, 0.1) is 0 Å². The lowest BCUT2D eigenvalue weighted by molar-refractivity contribution is 0.0999. The van der Waals surface area contributed by atoms with E-state index < -0.39 is 5.91 Å². The number of anilines is 1. The highest BCUT2D eigenvalue weighted by atomic mass is 35.5. The summed E-state index contributed by atoms with van der Waals surface area (Å²) in [5.74, 6) is -0.493. The molecule has 0 fully saturated rings. The maximum absolute atomic E-state index is 11.9. The highest BCUT2D eigenvalue weighted by Crippen LogP contribution is 2.16. The monoisotopic (exact) mass is 317 g/mol. The van der Waals surface area contributed by atoms with E-state index in [1.165, 1.54) is 0 Å². The van der Waals surface area contributed by atoms with E-state index in [0.29, 0.717) is 28.4 Å². The fourth-order valence-electron chi connectivity index (χ4n) is 2.01. The summed E-state index contributed by atoms with van der Waals surface area (Å²) < 4.78 is 0. The first kappa shape index (κ1) is 15.9. The molecule has 0 bridgehead atoms. The minimum Gasteiger partial charge on any atom is -0.366 e. The Morgan fingerprint density at radius 3 is 2.55 bits per heavy atom. The fraction of sp³-hybridized carbons (Fsp3) is 0.125. The molecular weight excluding hydrogens is 302 g/mol. The van der Waals surface area contributed by atoms with Crippen molar-refractivity contribution >= 4 is 29.2 Å². The summed E-state index contributed by atoms with van der Waals surface area (Å²) in [4.78, 5) is 23.0. The van der Waals surface area contributed by atoms with Gasteiger partial charge in [-0.25, -0.2) is 4.79 Å². The molecular formula is C16H16ClN3O2. The van der Waals surface area contributed by atoms with Crippen molar-refractivity contribution in [2.24, 2.45) is 5.73 Å². The van der Waals surface area contributed by atoms with Gasteiger partial charge >= 0.3 is 6.03 Å². The molecule has 4 N–H and O–H groups in total. The number of halogens is 1. The molecule has 0 aliphatic rings. The van der Waals surface area contributed by atoms with Crippen molar-refractivity contribution in [2.45, 2.75) is 13.5 Å². The number of carbonyl (C=O) groups excluding carboxylic acids is 2. The molecule has 0 aromatic heterocycles. The normalized spacial score (nSPS) is 10.1. The molecule has 3 amide bonds. The number of aryl methyl sites for hydroxylation is 1. The molecule has 0 heterocycles. The summed E-state index contributed by atoms with van der Waals surface area (Å²) in [5.41, 5.74) is 7.79. The molecule has 2 aromatic rings. The van der Waals surface area contributed by atoms with Crippen LogP contribution in [0.3, 0.4) is 0 Å². The first-order valence-electron chi connectivity index (χ1n) is 6.66. The molecule has 114 valence electrons. The molecule has 0 saturated carbocycles. The number of nitrogens with one attached hydrogen (secondary N) is 2. The molecule has 0 aliphatic carbocycles.